The molecule has 0 radical (unpaired) electrons. The van der Waals surface area contributed by atoms with E-state index in [-0.39, 0.29) is 0 Å². The molecule has 0 saturated carbocycles. The number of imidazole rings is 1. The number of hydrogen-bond donors (Lipinski definition) is 1. The van der Waals surface area contributed by atoms with E-state index in [0.717, 1.165) is 40.3 Å². The normalized spacial score (nSPS) is 11.2. The van der Waals surface area contributed by atoms with Gasteiger partial charge in [-0.15, -0.1) is 0 Å². The third-order valence-electron chi connectivity index (χ3n) is 5.82. The number of benzene rings is 3. The number of aromatic nitrogens is 2. The first-order chi connectivity index (χ1) is 15.1. The molecule has 1 aromatic heterocycles. The van der Waals surface area contributed by atoms with Crippen LogP contribution in [0.4, 0.5) is 5.69 Å². The molecule has 2 N–H and O–H groups in total. The molecule has 0 fully saturated rings. The van der Waals surface area contributed by atoms with Crippen LogP contribution >= 0.6 is 0 Å². The number of ether oxygens (including phenoxy) is 1. The summed E-state index contributed by atoms with van der Waals surface area (Å²) in [6, 6.07) is 20.8. The van der Waals surface area contributed by atoms with E-state index in [4.69, 9.17) is 15.5 Å². The van der Waals surface area contributed by atoms with Gasteiger partial charge in [-0.1, -0.05) is 62.6 Å². The van der Waals surface area contributed by atoms with Crippen LogP contribution in [0, 0.1) is 13.8 Å². The summed E-state index contributed by atoms with van der Waals surface area (Å²) in [7, 11) is 0. The predicted molar refractivity (Wildman–Crippen MR) is 130 cm³/mol. The Morgan fingerprint density at radius 3 is 2.45 bits per heavy atom. The van der Waals surface area contributed by atoms with Gasteiger partial charge in [0.2, 0.25) is 0 Å². The fourth-order valence-electron chi connectivity index (χ4n) is 3.86. The summed E-state index contributed by atoms with van der Waals surface area (Å²) < 4.78 is 8.28. The Morgan fingerprint density at radius 2 is 1.71 bits per heavy atom. The highest BCUT2D eigenvalue weighted by Crippen LogP contribution is 2.34. The highest BCUT2D eigenvalue weighted by Gasteiger charge is 2.17. The number of nitrogens with two attached hydrogens (primary N) is 1. The van der Waals surface area contributed by atoms with Gasteiger partial charge in [-0.3, -0.25) is 4.57 Å². The van der Waals surface area contributed by atoms with Crippen LogP contribution in [0.1, 0.15) is 43.7 Å². The molecule has 3 aromatic carbocycles. The molecule has 0 saturated heterocycles. The van der Waals surface area contributed by atoms with Gasteiger partial charge in [0, 0.05) is 17.3 Å². The topological polar surface area (TPSA) is 53.1 Å². The molecule has 160 valence electrons. The lowest BCUT2D eigenvalue weighted by Gasteiger charge is -2.13. The van der Waals surface area contributed by atoms with Crippen LogP contribution < -0.4 is 10.5 Å². The second kappa shape index (κ2) is 9.25. The average molecular weight is 414 g/mol. The van der Waals surface area contributed by atoms with E-state index in [1.807, 2.05) is 30.3 Å². The maximum atomic E-state index is 6.33. The standard InChI is InChI=1S/C27H31N3O/c1-4-5-6-10-15-31-26-18-25-24(17-23(26)28)29-27(21-11-8-7-9-12-21)30(25)22-14-13-19(2)20(3)16-22/h7-9,11-14,16-18H,4-6,10,15,28H2,1-3H3. The second-order valence-corrected chi connectivity index (χ2v) is 8.19. The van der Waals surface area contributed by atoms with Crippen molar-refractivity contribution < 1.29 is 4.74 Å². The fraction of sp³-hybridized carbons (Fsp3) is 0.296. The van der Waals surface area contributed by atoms with Crippen molar-refractivity contribution in [1.29, 1.82) is 0 Å². The van der Waals surface area contributed by atoms with Gasteiger partial charge in [0.1, 0.15) is 11.6 Å². The Kier molecular flexibility index (Phi) is 6.26. The highest BCUT2D eigenvalue weighted by atomic mass is 16.5. The van der Waals surface area contributed by atoms with Gasteiger partial charge >= 0.3 is 0 Å². The van der Waals surface area contributed by atoms with Gasteiger partial charge < -0.3 is 10.5 Å². The van der Waals surface area contributed by atoms with Crippen LogP contribution in [0.2, 0.25) is 0 Å². The van der Waals surface area contributed by atoms with Crippen molar-refractivity contribution in [2.75, 3.05) is 12.3 Å². The third kappa shape index (κ3) is 4.43. The third-order valence-corrected chi connectivity index (χ3v) is 5.82. The number of aryl methyl sites for hydroxylation is 2. The van der Waals surface area contributed by atoms with Gasteiger partial charge in [-0.25, -0.2) is 4.98 Å². The maximum absolute atomic E-state index is 6.33. The minimum Gasteiger partial charge on any atom is -0.491 e. The van der Waals surface area contributed by atoms with Crippen LogP contribution in [0.5, 0.6) is 5.75 Å². The summed E-state index contributed by atoms with van der Waals surface area (Å²) in [5.74, 6) is 1.63. The first-order valence-electron chi connectivity index (χ1n) is 11.2. The molecule has 0 amide bonds. The van der Waals surface area contributed by atoms with Crippen LogP contribution in [0.25, 0.3) is 28.1 Å². The van der Waals surface area contributed by atoms with Crippen LogP contribution in [0.15, 0.2) is 60.7 Å². The van der Waals surface area contributed by atoms with E-state index in [1.54, 1.807) is 0 Å². The van der Waals surface area contributed by atoms with Crippen molar-refractivity contribution in [3.05, 3.63) is 71.8 Å². The lowest BCUT2D eigenvalue weighted by Crippen LogP contribution is -2.02. The van der Waals surface area contributed by atoms with Crippen molar-refractivity contribution in [2.24, 2.45) is 0 Å². The van der Waals surface area contributed by atoms with E-state index in [9.17, 15) is 0 Å². The molecule has 0 aliphatic carbocycles. The Balaban J connectivity index is 1.82. The van der Waals surface area contributed by atoms with Gasteiger partial charge in [0.05, 0.1) is 23.3 Å². The average Bonchev–Trinajstić information content (AvgIpc) is 3.14. The molecule has 0 spiro atoms. The molecule has 0 aliphatic rings. The summed E-state index contributed by atoms with van der Waals surface area (Å²) in [6.45, 7) is 7.17. The predicted octanol–water partition coefficient (Wildman–Crippen LogP) is 6.85. The minimum absolute atomic E-state index is 0.632. The number of nitrogen functional groups attached to an aromatic ring is 1. The number of nitrogens with zero attached hydrogens (tertiary/aromatic N) is 2. The van der Waals surface area contributed by atoms with E-state index >= 15 is 0 Å². The summed E-state index contributed by atoms with van der Waals surface area (Å²) in [5, 5.41) is 0. The quantitative estimate of drug-likeness (QED) is 0.254. The number of hydrogen-bond acceptors (Lipinski definition) is 3. The lowest BCUT2D eigenvalue weighted by atomic mass is 10.1. The van der Waals surface area contributed by atoms with Crippen molar-refractivity contribution >= 4 is 16.7 Å². The molecular weight excluding hydrogens is 382 g/mol. The molecule has 1 heterocycles. The molecule has 4 nitrogen and oxygen atoms in total. The smallest absolute Gasteiger partial charge is 0.145 e. The first kappa shape index (κ1) is 21.0. The Hall–Kier alpha value is -3.27. The zero-order valence-electron chi connectivity index (χ0n) is 18.7. The zero-order chi connectivity index (χ0) is 21.8. The van der Waals surface area contributed by atoms with Crippen LogP contribution in [-0.2, 0) is 0 Å². The molecular formula is C27H31N3O. The molecule has 0 bridgehead atoms. The van der Waals surface area contributed by atoms with Gasteiger partial charge in [0.15, 0.2) is 0 Å². The first-order valence-corrected chi connectivity index (χ1v) is 11.2. The van der Waals surface area contributed by atoms with E-state index in [0.29, 0.717) is 12.3 Å². The number of rotatable bonds is 8. The minimum atomic E-state index is 0.632. The zero-order valence-corrected chi connectivity index (χ0v) is 18.7. The summed E-state index contributed by atoms with van der Waals surface area (Å²) in [5.41, 5.74) is 13.5. The highest BCUT2D eigenvalue weighted by molar-refractivity contribution is 5.88. The molecule has 31 heavy (non-hydrogen) atoms. The number of unbranched alkanes of at least 4 members (excludes halogenated alkanes) is 3. The molecule has 4 heteroatoms. The van der Waals surface area contributed by atoms with Gasteiger partial charge in [0.25, 0.3) is 0 Å². The summed E-state index contributed by atoms with van der Waals surface area (Å²) >= 11 is 0. The Bertz CT molecular complexity index is 1180. The van der Waals surface area contributed by atoms with Crippen molar-refractivity contribution in [3.63, 3.8) is 0 Å². The van der Waals surface area contributed by atoms with Crippen molar-refractivity contribution in [3.8, 4) is 22.8 Å². The largest absolute Gasteiger partial charge is 0.491 e. The molecule has 0 unspecified atom stereocenters. The summed E-state index contributed by atoms with van der Waals surface area (Å²) in [6.07, 6.45) is 4.66. The Labute approximate surface area is 184 Å². The second-order valence-electron chi connectivity index (χ2n) is 8.19. The van der Waals surface area contributed by atoms with E-state index < -0.39 is 0 Å². The Morgan fingerprint density at radius 1 is 0.903 bits per heavy atom. The van der Waals surface area contributed by atoms with Gasteiger partial charge in [-0.05, 0) is 49.6 Å². The van der Waals surface area contributed by atoms with E-state index in [2.05, 4.69) is 55.7 Å². The maximum Gasteiger partial charge on any atom is 0.145 e. The molecule has 4 aromatic rings. The fourth-order valence-corrected chi connectivity index (χ4v) is 3.86. The van der Waals surface area contributed by atoms with Crippen LogP contribution in [-0.4, -0.2) is 16.2 Å². The summed E-state index contributed by atoms with van der Waals surface area (Å²) in [4.78, 5) is 4.96. The SMILES string of the molecule is CCCCCCOc1cc2c(cc1N)nc(-c1ccccc1)n2-c1ccc(C)c(C)c1. The molecule has 0 aliphatic heterocycles. The number of anilines is 1. The monoisotopic (exact) mass is 413 g/mol. The van der Waals surface area contributed by atoms with Crippen molar-refractivity contribution in [1.82, 2.24) is 9.55 Å². The van der Waals surface area contributed by atoms with Crippen molar-refractivity contribution in [2.45, 2.75) is 46.5 Å². The lowest BCUT2D eigenvalue weighted by molar-refractivity contribution is 0.307. The van der Waals surface area contributed by atoms with Crippen LogP contribution in [0.3, 0.4) is 0 Å². The number of fused-ring (bicyclic) bond motifs is 1. The molecule has 4 rings (SSSR count). The van der Waals surface area contributed by atoms with Gasteiger partial charge in [-0.2, -0.15) is 0 Å². The van der Waals surface area contributed by atoms with E-state index in [1.165, 1.54) is 30.4 Å². The molecule has 0 atom stereocenters.